The van der Waals surface area contributed by atoms with Gasteiger partial charge in [0.25, 0.3) is 0 Å². The van der Waals surface area contributed by atoms with Crippen molar-refractivity contribution >= 4 is 23.2 Å². The van der Waals surface area contributed by atoms with Crippen molar-refractivity contribution in [3.05, 3.63) is 57.9 Å². The van der Waals surface area contributed by atoms with Gasteiger partial charge in [-0.1, -0.05) is 34.5 Å². The maximum Gasteiger partial charge on any atom is 0.193 e. The third kappa shape index (κ3) is 2.51. The van der Waals surface area contributed by atoms with E-state index in [1.54, 1.807) is 35.0 Å². The molecule has 0 bridgehead atoms. The predicted molar refractivity (Wildman–Crippen MR) is 78.0 cm³/mol. The van der Waals surface area contributed by atoms with Gasteiger partial charge in [-0.3, -0.25) is 0 Å². The Bertz CT molecular complexity index is 798. The molecule has 3 rings (SSSR count). The van der Waals surface area contributed by atoms with Crippen LogP contribution in [0.1, 0.15) is 11.3 Å². The number of hydrogen-bond acceptors (Lipinski definition) is 4. The third-order valence-corrected chi connectivity index (χ3v) is 3.67. The van der Waals surface area contributed by atoms with Gasteiger partial charge < -0.3 is 4.42 Å². The second-order valence-electron chi connectivity index (χ2n) is 4.23. The van der Waals surface area contributed by atoms with Crippen LogP contribution in [-0.4, -0.2) is 15.0 Å². The van der Waals surface area contributed by atoms with Crippen LogP contribution in [0, 0.1) is 11.3 Å². The van der Waals surface area contributed by atoms with E-state index >= 15 is 0 Å². The molecule has 3 aromatic rings. The third-order valence-electron chi connectivity index (χ3n) is 2.97. The predicted octanol–water partition coefficient (Wildman–Crippen LogP) is 3.76. The molecule has 2 heterocycles. The van der Waals surface area contributed by atoms with E-state index in [2.05, 4.69) is 10.3 Å². The Hall–Kier alpha value is -2.29. The van der Waals surface area contributed by atoms with Crippen LogP contribution in [0.5, 0.6) is 0 Å². The Morgan fingerprint density at radius 1 is 1.19 bits per heavy atom. The maximum atomic E-state index is 9.15. The summed E-state index contributed by atoms with van der Waals surface area (Å²) >= 11 is 12.3. The number of nitriles is 1. The molecule has 0 saturated heterocycles. The number of rotatable bonds is 3. The Morgan fingerprint density at radius 3 is 2.57 bits per heavy atom. The summed E-state index contributed by atoms with van der Waals surface area (Å²) in [6.07, 6.45) is 1.52. The lowest BCUT2D eigenvalue weighted by Gasteiger charge is -2.08. The van der Waals surface area contributed by atoms with Crippen LogP contribution >= 0.6 is 23.2 Å². The summed E-state index contributed by atoms with van der Waals surface area (Å²) in [5.74, 6) is 0.514. The van der Waals surface area contributed by atoms with Crippen LogP contribution in [0.25, 0.3) is 11.5 Å². The molecule has 0 atom stereocenters. The van der Waals surface area contributed by atoms with E-state index in [4.69, 9.17) is 32.9 Å². The highest BCUT2D eigenvalue weighted by molar-refractivity contribution is 6.35. The first-order valence-electron chi connectivity index (χ1n) is 6.01. The lowest BCUT2D eigenvalue weighted by molar-refractivity contribution is 0.566. The molecule has 0 aliphatic heterocycles. The SMILES string of the molecule is N#Cc1nnn(Cc2c(Cl)cccc2Cl)c1-c1ccco1. The van der Waals surface area contributed by atoms with Crippen molar-refractivity contribution in [1.82, 2.24) is 15.0 Å². The van der Waals surface area contributed by atoms with Crippen LogP contribution < -0.4 is 0 Å². The molecule has 0 saturated carbocycles. The lowest BCUT2D eigenvalue weighted by atomic mass is 10.2. The van der Waals surface area contributed by atoms with Crippen molar-refractivity contribution in [2.45, 2.75) is 6.54 Å². The minimum atomic E-state index is 0.188. The molecular weight excluding hydrogens is 311 g/mol. The molecule has 0 aliphatic carbocycles. The Kier molecular flexibility index (Phi) is 3.65. The van der Waals surface area contributed by atoms with Crippen molar-refractivity contribution in [3.8, 4) is 17.5 Å². The van der Waals surface area contributed by atoms with Crippen molar-refractivity contribution in [3.63, 3.8) is 0 Å². The van der Waals surface area contributed by atoms with Crippen LogP contribution in [0.3, 0.4) is 0 Å². The average Bonchev–Trinajstić information content (AvgIpc) is 3.11. The van der Waals surface area contributed by atoms with E-state index in [0.717, 1.165) is 0 Å². The topological polar surface area (TPSA) is 67.6 Å². The molecule has 0 radical (unpaired) electrons. The molecule has 0 fully saturated rings. The van der Waals surface area contributed by atoms with Crippen LogP contribution in [0.15, 0.2) is 41.0 Å². The molecule has 0 spiro atoms. The normalized spacial score (nSPS) is 10.5. The summed E-state index contributed by atoms with van der Waals surface area (Å²) < 4.78 is 6.89. The van der Waals surface area contributed by atoms with Gasteiger partial charge >= 0.3 is 0 Å². The van der Waals surface area contributed by atoms with E-state index in [1.807, 2.05) is 6.07 Å². The highest BCUT2D eigenvalue weighted by Gasteiger charge is 2.18. The highest BCUT2D eigenvalue weighted by atomic mass is 35.5. The monoisotopic (exact) mass is 318 g/mol. The van der Waals surface area contributed by atoms with E-state index in [-0.39, 0.29) is 5.69 Å². The van der Waals surface area contributed by atoms with Crippen LogP contribution in [0.4, 0.5) is 0 Å². The first-order chi connectivity index (χ1) is 10.2. The summed E-state index contributed by atoms with van der Waals surface area (Å²) in [6, 6.07) is 10.7. The average molecular weight is 319 g/mol. The van der Waals surface area contributed by atoms with Gasteiger partial charge in [0.2, 0.25) is 0 Å². The maximum absolute atomic E-state index is 9.15. The van der Waals surface area contributed by atoms with Gasteiger partial charge in [0.15, 0.2) is 11.5 Å². The molecule has 2 aromatic heterocycles. The lowest BCUT2D eigenvalue weighted by Crippen LogP contribution is -2.05. The summed E-state index contributed by atoms with van der Waals surface area (Å²) in [4.78, 5) is 0. The Morgan fingerprint density at radius 2 is 1.95 bits per heavy atom. The largest absolute Gasteiger partial charge is 0.463 e. The van der Waals surface area contributed by atoms with Gasteiger partial charge in [-0.25, -0.2) is 4.68 Å². The van der Waals surface area contributed by atoms with Gasteiger partial charge in [0, 0.05) is 15.6 Å². The molecule has 0 amide bonds. The van der Waals surface area contributed by atoms with Gasteiger partial charge in [0.1, 0.15) is 11.8 Å². The second kappa shape index (κ2) is 5.60. The van der Waals surface area contributed by atoms with Crippen molar-refractivity contribution in [2.75, 3.05) is 0 Å². The van der Waals surface area contributed by atoms with E-state index in [0.29, 0.717) is 33.6 Å². The quantitative estimate of drug-likeness (QED) is 0.737. The summed E-state index contributed by atoms with van der Waals surface area (Å²) in [5.41, 5.74) is 1.40. The summed E-state index contributed by atoms with van der Waals surface area (Å²) in [5, 5.41) is 18.0. The summed E-state index contributed by atoms with van der Waals surface area (Å²) in [7, 11) is 0. The van der Waals surface area contributed by atoms with E-state index < -0.39 is 0 Å². The standard InChI is InChI=1S/C14H8Cl2N4O/c15-10-3-1-4-11(16)9(10)8-20-14(12(7-17)18-19-20)13-5-2-6-21-13/h1-6H,8H2. The fourth-order valence-electron chi connectivity index (χ4n) is 1.99. The highest BCUT2D eigenvalue weighted by Crippen LogP contribution is 2.28. The second-order valence-corrected chi connectivity index (χ2v) is 5.05. The number of aromatic nitrogens is 3. The summed E-state index contributed by atoms with van der Waals surface area (Å²) in [6.45, 7) is 0.295. The van der Waals surface area contributed by atoms with Gasteiger partial charge in [-0.2, -0.15) is 5.26 Å². The molecule has 0 N–H and O–H groups in total. The molecule has 5 nitrogen and oxygen atoms in total. The first kappa shape index (κ1) is 13.7. The Labute approximate surface area is 130 Å². The zero-order valence-electron chi connectivity index (χ0n) is 10.6. The van der Waals surface area contributed by atoms with Gasteiger partial charge in [-0.15, -0.1) is 5.10 Å². The fraction of sp³-hybridized carbons (Fsp3) is 0.0714. The number of furan rings is 1. The van der Waals surface area contributed by atoms with Gasteiger partial charge in [-0.05, 0) is 24.3 Å². The molecule has 104 valence electrons. The molecule has 21 heavy (non-hydrogen) atoms. The first-order valence-corrected chi connectivity index (χ1v) is 6.76. The van der Waals surface area contributed by atoms with Crippen LogP contribution in [-0.2, 0) is 6.54 Å². The van der Waals surface area contributed by atoms with E-state index in [9.17, 15) is 0 Å². The Balaban J connectivity index is 2.09. The van der Waals surface area contributed by atoms with Crippen molar-refractivity contribution < 1.29 is 4.42 Å². The van der Waals surface area contributed by atoms with E-state index in [1.165, 1.54) is 6.26 Å². The minimum Gasteiger partial charge on any atom is -0.463 e. The number of nitrogens with zero attached hydrogens (tertiary/aromatic N) is 4. The van der Waals surface area contributed by atoms with Crippen LogP contribution in [0.2, 0.25) is 10.0 Å². The smallest absolute Gasteiger partial charge is 0.193 e. The van der Waals surface area contributed by atoms with Crippen molar-refractivity contribution in [1.29, 1.82) is 5.26 Å². The number of halogens is 2. The zero-order chi connectivity index (χ0) is 14.8. The minimum absolute atomic E-state index is 0.188. The number of hydrogen-bond donors (Lipinski definition) is 0. The molecule has 1 aromatic carbocycles. The van der Waals surface area contributed by atoms with Crippen molar-refractivity contribution in [2.24, 2.45) is 0 Å². The molecular formula is C14H8Cl2N4O. The fourth-order valence-corrected chi connectivity index (χ4v) is 2.51. The molecule has 0 aliphatic rings. The van der Waals surface area contributed by atoms with Gasteiger partial charge in [0.05, 0.1) is 12.8 Å². The number of benzene rings is 1. The molecule has 0 unspecified atom stereocenters. The molecule has 7 heteroatoms. The zero-order valence-corrected chi connectivity index (χ0v) is 12.1.